The Labute approximate surface area is 304 Å². The topological polar surface area (TPSA) is 250 Å². The van der Waals surface area contributed by atoms with Gasteiger partial charge in [0, 0.05) is 22.0 Å². The van der Waals surface area contributed by atoms with Crippen LogP contribution in [-0.4, -0.2) is 76.3 Å². The molecule has 52 heavy (non-hydrogen) atoms. The minimum absolute atomic E-state index is 0.0296. The molecule has 0 aliphatic carbocycles. The molecule has 16 nitrogen and oxygen atoms in total. The molecular weight excluding hydrogens is 670 g/mol. The highest BCUT2D eigenvalue weighted by molar-refractivity contribution is 5.97. The maximum Gasteiger partial charge on any atom is 0.308 e. The number of amides is 5. The molecule has 286 valence electrons. The fourth-order valence-electron chi connectivity index (χ4n) is 5.50. The zero-order valence-corrected chi connectivity index (χ0v) is 31.6. The number of nitrogens with zero attached hydrogens (tertiary/aromatic N) is 3. The summed E-state index contributed by atoms with van der Waals surface area (Å²) in [5.41, 5.74) is 15.8. The van der Waals surface area contributed by atoms with Crippen molar-refractivity contribution in [3.8, 4) is 0 Å². The molecule has 0 radical (unpaired) electrons. The van der Waals surface area contributed by atoms with Crippen LogP contribution in [0.4, 0.5) is 0 Å². The molecule has 1 aromatic carbocycles. The molecular formula is C36H55N9O7. The lowest BCUT2D eigenvalue weighted by molar-refractivity contribution is -0.156. The van der Waals surface area contributed by atoms with Crippen LogP contribution in [0.2, 0.25) is 0 Å². The number of esters is 1. The van der Waals surface area contributed by atoms with Crippen molar-refractivity contribution in [3.63, 3.8) is 0 Å². The molecule has 0 aliphatic rings. The number of carbonyl (C=O) groups excluding carboxylic acids is 6. The number of para-hydroxylation sites is 1. The number of rotatable bonds is 18. The van der Waals surface area contributed by atoms with Gasteiger partial charge in [-0.3, -0.25) is 28.8 Å². The number of hydrogen-bond donors (Lipinski definition) is 6. The van der Waals surface area contributed by atoms with Crippen LogP contribution in [0.3, 0.4) is 0 Å². The van der Waals surface area contributed by atoms with Crippen molar-refractivity contribution in [2.75, 3.05) is 0 Å². The van der Waals surface area contributed by atoms with Gasteiger partial charge in [-0.05, 0) is 80.1 Å². The predicted octanol–water partition coefficient (Wildman–Crippen LogP) is 3.29. The van der Waals surface area contributed by atoms with E-state index in [1.807, 2.05) is 52.0 Å². The lowest BCUT2D eigenvalue weighted by Gasteiger charge is -2.29. The maximum atomic E-state index is 13.8. The molecule has 1 aromatic heterocycles. The second kappa shape index (κ2) is 19.6. The van der Waals surface area contributed by atoms with Gasteiger partial charge >= 0.3 is 5.97 Å². The van der Waals surface area contributed by atoms with Crippen molar-refractivity contribution in [3.05, 3.63) is 46.5 Å². The molecule has 0 saturated carbocycles. The first-order valence-electron chi connectivity index (χ1n) is 17.5. The van der Waals surface area contributed by atoms with Gasteiger partial charge in [-0.2, -0.15) is 0 Å². The summed E-state index contributed by atoms with van der Waals surface area (Å²) in [7, 11) is 0. The number of ether oxygens (including phenoxy) is 1. The summed E-state index contributed by atoms with van der Waals surface area (Å²) >= 11 is 0. The van der Waals surface area contributed by atoms with E-state index in [1.165, 1.54) is 0 Å². The molecule has 0 aliphatic heterocycles. The first-order chi connectivity index (χ1) is 24.2. The fraction of sp³-hybridized carbons (Fsp3) is 0.611. The number of nitrogens with two attached hydrogens (primary N) is 1. The van der Waals surface area contributed by atoms with E-state index in [9.17, 15) is 28.8 Å². The van der Waals surface area contributed by atoms with Crippen LogP contribution in [0, 0.1) is 17.8 Å². The highest BCUT2D eigenvalue weighted by Crippen LogP contribution is 2.19. The number of aromatic amines is 1. The fourth-order valence-corrected chi connectivity index (χ4v) is 5.50. The van der Waals surface area contributed by atoms with E-state index in [1.54, 1.807) is 40.8 Å². The SMILES string of the molecule is CC(C)C[C@H](NC(=O)[C@H](NC(=O)[C@H](CC(C)C)NC(=O)[C@@H](CC(=O)OC(C)(C)C)NC(=O)[C@H](N)Cc1c[nH]c2ccccc12)C(C)C)C(=O)N=[N+]=[N-]. The Morgan fingerprint density at radius 2 is 1.38 bits per heavy atom. The van der Waals surface area contributed by atoms with Gasteiger partial charge in [-0.15, -0.1) is 0 Å². The Bertz CT molecular complexity index is 1620. The Balaban J connectivity index is 2.30. The number of aromatic nitrogens is 1. The van der Waals surface area contributed by atoms with Crippen LogP contribution in [0.15, 0.2) is 35.6 Å². The molecule has 0 fully saturated rings. The number of carbonyl (C=O) groups is 6. The van der Waals surface area contributed by atoms with E-state index in [-0.39, 0.29) is 31.1 Å². The van der Waals surface area contributed by atoms with Gasteiger partial charge in [-0.1, -0.05) is 59.7 Å². The zero-order chi connectivity index (χ0) is 39.3. The smallest absolute Gasteiger partial charge is 0.308 e. The van der Waals surface area contributed by atoms with E-state index in [0.717, 1.165) is 16.5 Å². The largest absolute Gasteiger partial charge is 0.460 e. The molecule has 5 atom stereocenters. The maximum absolute atomic E-state index is 13.8. The lowest BCUT2D eigenvalue weighted by Crippen LogP contribution is -2.60. The van der Waals surface area contributed by atoms with Gasteiger partial charge < -0.3 is 36.7 Å². The van der Waals surface area contributed by atoms with Crippen LogP contribution in [0.25, 0.3) is 21.3 Å². The molecule has 1 heterocycles. The highest BCUT2D eigenvalue weighted by atomic mass is 16.6. The quantitative estimate of drug-likeness (QED) is 0.0574. The lowest BCUT2D eigenvalue weighted by atomic mass is 9.98. The summed E-state index contributed by atoms with van der Waals surface area (Å²) in [6.07, 6.45) is 1.69. The first-order valence-corrected chi connectivity index (χ1v) is 17.5. The highest BCUT2D eigenvalue weighted by Gasteiger charge is 2.35. The molecule has 5 amide bonds. The van der Waals surface area contributed by atoms with Gasteiger partial charge in [0.1, 0.15) is 23.7 Å². The molecule has 16 heteroatoms. The van der Waals surface area contributed by atoms with Crippen molar-refractivity contribution in [2.45, 2.75) is 124 Å². The van der Waals surface area contributed by atoms with Crippen molar-refractivity contribution in [2.24, 2.45) is 28.6 Å². The molecule has 2 rings (SSSR count). The van der Waals surface area contributed by atoms with Gasteiger partial charge in [0.25, 0.3) is 0 Å². The summed E-state index contributed by atoms with van der Waals surface area (Å²) in [4.78, 5) is 85.3. The number of fused-ring (bicyclic) bond motifs is 1. The zero-order valence-electron chi connectivity index (χ0n) is 31.6. The summed E-state index contributed by atoms with van der Waals surface area (Å²) in [6.45, 7) is 15.7. The normalized spacial score (nSPS) is 14.5. The summed E-state index contributed by atoms with van der Waals surface area (Å²) in [5.74, 6) is -5.11. The average Bonchev–Trinajstić information content (AvgIpc) is 3.43. The van der Waals surface area contributed by atoms with E-state index in [4.69, 9.17) is 16.0 Å². The molecule has 0 unspecified atom stereocenters. The molecule has 0 spiro atoms. The van der Waals surface area contributed by atoms with Gasteiger partial charge in [0.05, 0.1) is 18.5 Å². The number of H-pyrrole nitrogens is 1. The van der Waals surface area contributed by atoms with Crippen LogP contribution < -0.4 is 27.0 Å². The third-order valence-corrected chi connectivity index (χ3v) is 7.93. The predicted molar refractivity (Wildman–Crippen MR) is 196 cm³/mol. The van der Waals surface area contributed by atoms with Gasteiger partial charge in [0.15, 0.2) is 0 Å². The van der Waals surface area contributed by atoms with Gasteiger partial charge in [0.2, 0.25) is 29.5 Å². The molecule has 0 saturated heterocycles. The van der Waals surface area contributed by atoms with Crippen molar-refractivity contribution in [1.29, 1.82) is 0 Å². The summed E-state index contributed by atoms with van der Waals surface area (Å²) in [5, 5.41) is 14.5. The van der Waals surface area contributed by atoms with E-state index >= 15 is 0 Å². The third kappa shape index (κ3) is 14.0. The van der Waals surface area contributed by atoms with E-state index in [2.05, 4.69) is 36.3 Å². The molecule has 2 aromatic rings. The monoisotopic (exact) mass is 725 g/mol. The van der Waals surface area contributed by atoms with Crippen LogP contribution in [0.5, 0.6) is 0 Å². The van der Waals surface area contributed by atoms with E-state index < -0.39 is 83.7 Å². The molecule has 7 N–H and O–H groups in total. The standard InChI is InChI=1S/C36H55N9O7/c1-19(2)14-26(33(49)43-30(21(5)6)35(51)42-27(15-20(3)4)34(50)44-45-38)41-32(48)28(17-29(46)52-36(7,8)9)40-31(47)24(37)16-22-18-39-25-13-11-10-12-23(22)25/h10-13,18-21,24,26-28,30,39H,14-17,37H2,1-9H3,(H,40,47)(H,41,48)(H,42,51)(H,43,49)/t24-,26+,27+,28-,30-/m1/s1. The van der Waals surface area contributed by atoms with Crippen molar-refractivity contribution < 1.29 is 33.5 Å². The summed E-state index contributed by atoms with van der Waals surface area (Å²) < 4.78 is 5.42. The first kappa shape index (κ1) is 43.2. The Hall–Kier alpha value is -4.95. The molecule has 0 bridgehead atoms. The summed E-state index contributed by atoms with van der Waals surface area (Å²) in [6, 6.07) is 1.56. The van der Waals surface area contributed by atoms with Crippen LogP contribution in [-0.2, 0) is 39.9 Å². The van der Waals surface area contributed by atoms with Crippen molar-refractivity contribution in [1.82, 2.24) is 26.3 Å². The number of hydrogen-bond acceptors (Lipinski definition) is 8. The second-order valence-electron chi connectivity index (χ2n) is 15.2. The van der Waals surface area contributed by atoms with E-state index in [0.29, 0.717) is 0 Å². The third-order valence-electron chi connectivity index (χ3n) is 7.93. The number of azide groups is 1. The Morgan fingerprint density at radius 1 is 0.827 bits per heavy atom. The minimum Gasteiger partial charge on any atom is -0.460 e. The Kier molecular flexibility index (Phi) is 16.3. The second-order valence-corrected chi connectivity index (χ2v) is 15.2. The number of nitrogens with one attached hydrogen (secondary N) is 5. The minimum atomic E-state index is -1.45. The van der Waals surface area contributed by atoms with Crippen LogP contribution >= 0.6 is 0 Å². The number of benzene rings is 1. The van der Waals surface area contributed by atoms with Gasteiger partial charge in [-0.25, -0.2) is 0 Å². The van der Waals surface area contributed by atoms with Crippen molar-refractivity contribution >= 4 is 46.4 Å². The van der Waals surface area contributed by atoms with Crippen LogP contribution in [0.1, 0.15) is 87.1 Å². The average molecular weight is 726 g/mol. The Morgan fingerprint density at radius 3 is 1.96 bits per heavy atom.